The lowest BCUT2D eigenvalue weighted by molar-refractivity contribution is 0.0590. The standard InChI is InChI=1S/C31H24ClNO3.C31H26ClNO2/c1-36-31(35)26-18-25(32)14-13-24(26)16-22-12-15-29-27(17-22)28(30(34)23-10-6-3-7-11-23)20-33(29)19-21-8-4-2-5-9-21;1-35-31(34)29-19-27(32)14-13-25(29)17-24-12-15-30-28(18-24)26(16-22-8-4-2-5-9-22)21-33(30)20-23-10-6-3-7-11-23/h2-15,17-18,20H,16,19H2,1H3;2-15,18-19,21H,16-17,20H2,1H3. The van der Waals surface area contributed by atoms with Crippen molar-refractivity contribution >= 4 is 62.7 Å². The first-order valence-corrected chi connectivity index (χ1v) is 24.1. The van der Waals surface area contributed by atoms with Crippen LogP contribution in [0.3, 0.4) is 0 Å². The average molecular weight is 974 g/mol. The second kappa shape index (κ2) is 22.2. The molecule has 0 aliphatic heterocycles. The van der Waals surface area contributed by atoms with Gasteiger partial charge in [-0.3, -0.25) is 4.79 Å². The summed E-state index contributed by atoms with van der Waals surface area (Å²) < 4.78 is 14.4. The summed E-state index contributed by atoms with van der Waals surface area (Å²) in [7, 11) is 2.75. The Morgan fingerprint density at radius 2 is 0.831 bits per heavy atom. The molecular weight excluding hydrogens is 924 g/mol. The van der Waals surface area contributed by atoms with Crippen LogP contribution in [0.2, 0.25) is 10.0 Å². The Labute approximate surface area is 423 Å². The zero-order chi connectivity index (χ0) is 49.3. The summed E-state index contributed by atoms with van der Waals surface area (Å²) in [4.78, 5) is 38.2. The Bertz CT molecular complexity index is 3500. The lowest BCUT2D eigenvalue weighted by atomic mass is 9.97. The molecule has 71 heavy (non-hydrogen) atoms. The largest absolute Gasteiger partial charge is 0.465 e. The molecule has 0 aliphatic carbocycles. The predicted molar refractivity (Wildman–Crippen MR) is 285 cm³/mol. The van der Waals surface area contributed by atoms with Crippen LogP contribution in [0.25, 0.3) is 21.8 Å². The van der Waals surface area contributed by atoms with Crippen molar-refractivity contribution in [3.8, 4) is 0 Å². The zero-order valence-electron chi connectivity index (χ0n) is 39.4. The number of nitrogens with zero attached hydrogens (tertiary/aromatic N) is 2. The van der Waals surface area contributed by atoms with Gasteiger partial charge in [-0.15, -0.1) is 0 Å². The molecule has 0 atom stereocenters. The van der Waals surface area contributed by atoms with E-state index in [-0.39, 0.29) is 11.8 Å². The number of carbonyl (C=O) groups excluding carboxylic acids is 3. The number of ketones is 1. The van der Waals surface area contributed by atoms with Gasteiger partial charge in [-0.05, 0) is 112 Å². The van der Waals surface area contributed by atoms with Gasteiger partial charge in [-0.1, -0.05) is 169 Å². The third-order valence-electron chi connectivity index (χ3n) is 12.6. The maximum absolute atomic E-state index is 13.5. The van der Waals surface area contributed by atoms with Gasteiger partial charge in [0.1, 0.15) is 0 Å². The van der Waals surface area contributed by atoms with Crippen molar-refractivity contribution in [2.75, 3.05) is 14.2 Å². The lowest BCUT2D eigenvalue weighted by Crippen LogP contribution is -2.06. The third-order valence-corrected chi connectivity index (χ3v) is 13.1. The van der Waals surface area contributed by atoms with E-state index < -0.39 is 5.97 Å². The van der Waals surface area contributed by atoms with Crippen molar-refractivity contribution in [2.24, 2.45) is 0 Å². The van der Waals surface area contributed by atoms with Crippen LogP contribution in [0.1, 0.15) is 81.1 Å². The van der Waals surface area contributed by atoms with Crippen molar-refractivity contribution in [3.05, 3.63) is 283 Å². The smallest absolute Gasteiger partial charge is 0.338 e. The highest BCUT2D eigenvalue weighted by Gasteiger charge is 2.20. The summed E-state index contributed by atoms with van der Waals surface area (Å²) in [5.41, 5.74) is 13.2. The third kappa shape index (κ3) is 11.4. The van der Waals surface area contributed by atoms with E-state index in [1.54, 1.807) is 18.2 Å². The number of benzene rings is 8. The highest BCUT2D eigenvalue weighted by molar-refractivity contribution is 6.31. The summed E-state index contributed by atoms with van der Waals surface area (Å²) in [5.74, 6) is -0.823. The van der Waals surface area contributed by atoms with Crippen LogP contribution in [0.15, 0.2) is 207 Å². The van der Waals surface area contributed by atoms with Crippen molar-refractivity contribution in [1.82, 2.24) is 9.13 Å². The molecule has 10 aromatic rings. The topological polar surface area (TPSA) is 79.5 Å². The minimum absolute atomic E-state index is 0.0219. The molecule has 0 radical (unpaired) electrons. The Morgan fingerprint density at radius 3 is 1.32 bits per heavy atom. The number of rotatable bonds is 14. The van der Waals surface area contributed by atoms with Gasteiger partial charge < -0.3 is 18.6 Å². The summed E-state index contributed by atoms with van der Waals surface area (Å²) in [5, 5.41) is 3.11. The number of fused-ring (bicyclic) bond motifs is 2. The zero-order valence-corrected chi connectivity index (χ0v) is 40.9. The molecule has 2 aromatic heterocycles. The molecule has 0 saturated carbocycles. The van der Waals surface area contributed by atoms with Crippen molar-refractivity contribution in [2.45, 2.75) is 32.4 Å². The van der Waals surface area contributed by atoms with E-state index in [4.69, 9.17) is 32.7 Å². The molecule has 10 rings (SSSR count). The highest BCUT2D eigenvalue weighted by atomic mass is 35.5. The first-order chi connectivity index (χ1) is 34.6. The van der Waals surface area contributed by atoms with Crippen LogP contribution < -0.4 is 0 Å². The van der Waals surface area contributed by atoms with E-state index in [9.17, 15) is 14.4 Å². The number of hydrogen-bond donors (Lipinski definition) is 0. The Kier molecular flexibility index (Phi) is 15.0. The first kappa shape index (κ1) is 48.1. The van der Waals surface area contributed by atoms with E-state index in [1.165, 1.54) is 41.8 Å². The van der Waals surface area contributed by atoms with Gasteiger partial charge in [-0.25, -0.2) is 9.59 Å². The summed E-state index contributed by atoms with van der Waals surface area (Å²) >= 11 is 12.3. The molecule has 0 N–H and O–H groups in total. The van der Waals surface area contributed by atoms with E-state index >= 15 is 0 Å². The van der Waals surface area contributed by atoms with Crippen LogP contribution in [0.4, 0.5) is 0 Å². The molecule has 8 aromatic carbocycles. The molecule has 0 unspecified atom stereocenters. The number of aromatic nitrogens is 2. The molecule has 0 spiro atoms. The maximum atomic E-state index is 13.5. The molecule has 0 amide bonds. The molecule has 0 bridgehead atoms. The Balaban J connectivity index is 0.000000176. The maximum Gasteiger partial charge on any atom is 0.338 e. The number of esters is 2. The predicted octanol–water partition coefficient (Wildman–Crippen LogP) is 14.3. The summed E-state index contributed by atoms with van der Waals surface area (Å²) in [6.07, 6.45) is 6.19. The second-order valence-electron chi connectivity index (χ2n) is 17.4. The molecule has 2 heterocycles. The van der Waals surface area contributed by atoms with E-state index in [0.717, 1.165) is 51.7 Å². The Hall–Kier alpha value is -7.97. The van der Waals surface area contributed by atoms with Crippen molar-refractivity contribution in [3.63, 3.8) is 0 Å². The van der Waals surface area contributed by atoms with Gasteiger partial charge in [0.05, 0.1) is 25.3 Å². The molecule has 0 fully saturated rings. The van der Waals surface area contributed by atoms with Crippen LogP contribution >= 0.6 is 23.2 Å². The van der Waals surface area contributed by atoms with E-state index in [0.29, 0.717) is 51.7 Å². The monoisotopic (exact) mass is 972 g/mol. The average Bonchev–Trinajstić information content (AvgIpc) is 3.93. The van der Waals surface area contributed by atoms with Gasteiger partial charge in [0.25, 0.3) is 0 Å². The van der Waals surface area contributed by atoms with Crippen LogP contribution in [-0.4, -0.2) is 41.1 Å². The van der Waals surface area contributed by atoms with E-state index in [1.807, 2.05) is 103 Å². The first-order valence-electron chi connectivity index (χ1n) is 23.3. The molecule has 0 aliphatic rings. The molecule has 352 valence electrons. The molecular formula is C62H50Cl2N2O5. The molecule has 9 heteroatoms. The van der Waals surface area contributed by atoms with Gasteiger partial charge in [0.2, 0.25) is 0 Å². The lowest BCUT2D eigenvalue weighted by Gasteiger charge is -2.10. The van der Waals surface area contributed by atoms with Crippen molar-refractivity contribution in [1.29, 1.82) is 0 Å². The molecule has 0 saturated heterocycles. The summed E-state index contributed by atoms with van der Waals surface area (Å²) in [6.45, 7) is 1.47. The Morgan fingerprint density at radius 1 is 0.408 bits per heavy atom. The quantitative estimate of drug-likeness (QED) is 0.0801. The van der Waals surface area contributed by atoms with Gasteiger partial charge in [0, 0.05) is 68.5 Å². The molecule has 7 nitrogen and oxygen atoms in total. The van der Waals surface area contributed by atoms with Crippen molar-refractivity contribution < 1.29 is 23.9 Å². The van der Waals surface area contributed by atoms with Gasteiger partial charge in [-0.2, -0.15) is 0 Å². The number of carbonyl (C=O) groups is 3. The van der Waals surface area contributed by atoms with Gasteiger partial charge >= 0.3 is 11.9 Å². The minimum Gasteiger partial charge on any atom is -0.465 e. The van der Waals surface area contributed by atoms with Crippen LogP contribution in [0, 0.1) is 0 Å². The highest BCUT2D eigenvalue weighted by Crippen LogP contribution is 2.31. The number of ether oxygens (including phenoxy) is 2. The summed E-state index contributed by atoms with van der Waals surface area (Å²) in [6, 6.07) is 63.9. The fraction of sp³-hybridized carbons (Fsp3) is 0.113. The number of methoxy groups -OCH3 is 2. The van der Waals surface area contributed by atoms with Gasteiger partial charge in [0.15, 0.2) is 5.78 Å². The number of hydrogen-bond acceptors (Lipinski definition) is 5. The van der Waals surface area contributed by atoms with E-state index in [2.05, 4.69) is 94.2 Å². The number of halogens is 2. The SMILES string of the molecule is COC(=O)c1cc(Cl)ccc1Cc1ccc2c(c1)c(C(=O)c1ccccc1)cn2Cc1ccccc1.COC(=O)c1cc(Cl)ccc1Cc1ccc2c(c1)c(Cc1ccccc1)cn2Cc1ccccc1. The van der Waals surface area contributed by atoms with Crippen LogP contribution in [-0.2, 0) is 41.8 Å². The normalized spacial score (nSPS) is 11.0. The second-order valence-corrected chi connectivity index (χ2v) is 18.3. The van der Waals surface area contributed by atoms with Crippen LogP contribution in [0.5, 0.6) is 0 Å². The fourth-order valence-electron chi connectivity index (χ4n) is 9.13. The minimum atomic E-state index is -0.428. The fourth-order valence-corrected chi connectivity index (χ4v) is 9.48.